The first-order valence-corrected chi connectivity index (χ1v) is 4.83. The van der Waals surface area contributed by atoms with Crippen LogP contribution in [0.1, 0.15) is 5.69 Å². The number of methoxy groups -OCH3 is 1. The van der Waals surface area contributed by atoms with E-state index < -0.39 is 0 Å². The number of aromatic nitrogens is 3. The fourth-order valence-corrected chi connectivity index (χ4v) is 2.07. The van der Waals surface area contributed by atoms with Gasteiger partial charge in [0.25, 0.3) is 0 Å². The van der Waals surface area contributed by atoms with Gasteiger partial charge in [0.1, 0.15) is 0 Å². The van der Waals surface area contributed by atoms with Gasteiger partial charge in [-0.25, -0.2) is 0 Å². The average molecular weight is 211 g/mol. The molecule has 5 nitrogen and oxygen atoms in total. The van der Waals surface area contributed by atoms with Crippen molar-refractivity contribution >= 4 is 21.7 Å². The lowest BCUT2D eigenvalue weighted by Crippen LogP contribution is -2.07. The Morgan fingerprint density at radius 2 is 2.14 bits per heavy atom. The highest BCUT2D eigenvalue weighted by Crippen LogP contribution is 2.19. The van der Waals surface area contributed by atoms with Gasteiger partial charge < -0.3 is 4.74 Å². The minimum atomic E-state index is -0.0364. The Balaban J connectivity index is 2.90. The largest absolute Gasteiger partial charge is 0.467 e. The Kier molecular flexibility index (Phi) is 1.99. The topological polar surface area (TPSA) is 57.0 Å². The van der Waals surface area contributed by atoms with Gasteiger partial charge in [0.2, 0.25) is 0 Å². The number of fused-ring (bicyclic) bond motifs is 1. The molecule has 2 heterocycles. The zero-order valence-electron chi connectivity index (χ0n) is 8.07. The van der Waals surface area contributed by atoms with Crippen LogP contribution in [0.2, 0.25) is 0 Å². The molecule has 2 rings (SSSR count). The van der Waals surface area contributed by atoms with Crippen LogP contribution in [0, 0.1) is 6.92 Å². The van der Waals surface area contributed by atoms with Crippen molar-refractivity contribution < 1.29 is 4.74 Å². The molecule has 0 atom stereocenters. The highest BCUT2D eigenvalue weighted by Gasteiger charge is 2.11. The standard InChI is InChI=1S/C8H9N3O2S/c1-4-5-6(10-7(9-4)13-3)11(2)8(12)14-5/h1-3H3. The van der Waals surface area contributed by atoms with Gasteiger partial charge in [0.05, 0.1) is 17.5 Å². The normalized spacial score (nSPS) is 10.8. The second-order valence-electron chi connectivity index (χ2n) is 2.88. The first kappa shape index (κ1) is 9.14. The van der Waals surface area contributed by atoms with Gasteiger partial charge in [-0.3, -0.25) is 9.36 Å². The number of aryl methyl sites for hydroxylation is 2. The molecular weight excluding hydrogens is 202 g/mol. The number of rotatable bonds is 1. The van der Waals surface area contributed by atoms with E-state index in [-0.39, 0.29) is 4.87 Å². The fourth-order valence-electron chi connectivity index (χ4n) is 1.20. The Labute approximate surface area is 84.0 Å². The molecule has 0 aromatic carbocycles. The highest BCUT2D eigenvalue weighted by atomic mass is 32.1. The Morgan fingerprint density at radius 1 is 1.43 bits per heavy atom. The van der Waals surface area contributed by atoms with Crippen molar-refractivity contribution in [2.24, 2.45) is 7.05 Å². The van der Waals surface area contributed by atoms with Gasteiger partial charge in [0, 0.05) is 7.05 Å². The molecule has 0 aliphatic carbocycles. The van der Waals surface area contributed by atoms with Crippen molar-refractivity contribution in [1.82, 2.24) is 14.5 Å². The van der Waals surface area contributed by atoms with Crippen molar-refractivity contribution in [3.63, 3.8) is 0 Å². The van der Waals surface area contributed by atoms with Gasteiger partial charge in [0.15, 0.2) is 5.65 Å². The molecule has 0 spiro atoms. The van der Waals surface area contributed by atoms with Gasteiger partial charge in [-0.05, 0) is 6.92 Å². The number of hydrogen-bond acceptors (Lipinski definition) is 5. The van der Waals surface area contributed by atoms with Crippen LogP contribution in [0.4, 0.5) is 0 Å². The lowest BCUT2D eigenvalue weighted by atomic mass is 10.4. The summed E-state index contributed by atoms with van der Waals surface area (Å²) in [6, 6.07) is 0.295. The molecule has 0 N–H and O–H groups in total. The van der Waals surface area contributed by atoms with E-state index in [9.17, 15) is 4.79 Å². The smallest absolute Gasteiger partial charge is 0.318 e. The first-order valence-electron chi connectivity index (χ1n) is 4.01. The number of thiazole rings is 1. The molecular formula is C8H9N3O2S. The summed E-state index contributed by atoms with van der Waals surface area (Å²) in [5.41, 5.74) is 1.40. The van der Waals surface area contributed by atoms with Crippen molar-refractivity contribution in [3.8, 4) is 6.01 Å². The van der Waals surface area contributed by atoms with Crippen molar-refractivity contribution in [2.75, 3.05) is 7.11 Å². The molecule has 0 saturated carbocycles. The van der Waals surface area contributed by atoms with E-state index in [4.69, 9.17) is 4.74 Å². The van der Waals surface area contributed by atoms with Gasteiger partial charge in [-0.1, -0.05) is 11.3 Å². The molecule has 6 heteroatoms. The van der Waals surface area contributed by atoms with E-state index >= 15 is 0 Å². The Morgan fingerprint density at radius 3 is 2.79 bits per heavy atom. The minimum Gasteiger partial charge on any atom is -0.467 e. The predicted octanol–water partition coefficient (Wildman–Crippen LogP) is 0.707. The third kappa shape index (κ3) is 1.19. The summed E-state index contributed by atoms with van der Waals surface area (Å²) in [4.78, 5) is 19.5. The third-order valence-electron chi connectivity index (χ3n) is 1.96. The quantitative estimate of drug-likeness (QED) is 0.697. The zero-order valence-corrected chi connectivity index (χ0v) is 8.88. The van der Waals surface area contributed by atoms with Crippen LogP contribution in [0.3, 0.4) is 0 Å². The molecule has 0 radical (unpaired) electrons. The Hall–Kier alpha value is -1.43. The summed E-state index contributed by atoms with van der Waals surface area (Å²) in [5.74, 6) is 0. The van der Waals surface area contributed by atoms with Crippen molar-refractivity contribution in [2.45, 2.75) is 6.92 Å². The molecule has 0 unspecified atom stereocenters. The van der Waals surface area contributed by atoms with Crippen LogP contribution in [0.5, 0.6) is 6.01 Å². The SMILES string of the molecule is COc1nc(C)c2sc(=O)n(C)c2n1. The van der Waals surface area contributed by atoms with Crippen LogP contribution < -0.4 is 9.61 Å². The summed E-state index contributed by atoms with van der Waals surface area (Å²) >= 11 is 1.15. The molecule has 2 aromatic rings. The lowest BCUT2D eigenvalue weighted by Gasteiger charge is -2.00. The molecule has 0 bridgehead atoms. The van der Waals surface area contributed by atoms with Crippen LogP contribution in [-0.2, 0) is 7.05 Å². The third-order valence-corrected chi connectivity index (χ3v) is 3.09. The highest BCUT2D eigenvalue weighted by molar-refractivity contribution is 7.16. The van der Waals surface area contributed by atoms with E-state index in [0.29, 0.717) is 11.7 Å². The lowest BCUT2D eigenvalue weighted by molar-refractivity contribution is 0.380. The summed E-state index contributed by atoms with van der Waals surface area (Å²) < 4.78 is 7.25. The van der Waals surface area contributed by atoms with Crippen LogP contribution >= 0.6 is 11.3 Å². The van der Waals surface area contributed by atoms with Crippen molar-refractivity contribution in [1.29, 1.82) is 0 Å². The molecule has 0 saturated heterocycles. The summed E-state index contributed by atoms with van der Waals surface area (Å²) in [6.07, 6.45) is 0. The monoisotopic (exact) mass is 211 g/mol. The maximum Gasteiger partial charge on any atom is 0.318 e. The minimum absolute atomic E-state index is 0.0364. The molecule has 2 aromatic heterocycles. The number of hydrogen-bond donors (Lipinski definition) is 0. The van der Waals surface area contributed by atoms with Crippen molar-refractivity contribution in [3.05, 3.63) is 15.4 Å². The Bertz CT molecular complexity index is 543. The van der Waals surface area contributed by atoms with E-state index in [0.717, 1.165) is 21.7 Å². The molecule has 0 fully saturated rings. The predicted molar refractivity (Wildman–Crippen MR) is 53.9 cm³/mol. The second-order valence-corrected chi connectivity index (χ2v) is 3.84. The summed E-state index contributed by atoms with van der Waals surface area (Å²) in [6.45, 7) is 1.84. The fraction of sp³-hybridized carbons (Fsp3) is 0.375. The molecule has 0 aliphatic heterocycles. The zero-order chi connectivity index (χ0) is 10.3. The average Bonchev–Trinajstić information content (AvgIpc) is 2.45. The van der Waals surface area contributed by atoms with Gasteiger partial charge in [-0.2, -0.15) is 9.97 Å². The van der Waals surface area contributed by atoms with Crippen LogP contribution in [0.15, 0.2) is 4.79 Å². The number of ether oxygens (including phenoxy) is 1. The molecule has 0 aliphatic rings. The number of nitrogens with zero attached hydrogens (tertiary/aromatic N) is 3. The molecule has 0 amide bonds. The molecule has 14 heavy (non-hydrogen) atoms. The second kappa shape index (κ2) is 3.06. The van der Waals surface area contributed by atoms with Crippen LogP contribution in [0.25, 0.3) is 10.3 Å². The molecule has 74 valence electrons. The van der Waals surface area contributed by atoms with Crippen LogP contribution in [-0.4, -0.2) is 21.6 Å². The maximum atomic E-state index is 11.4. The van der Waals surface area contributed by atoms with E-state index in [1.807, 2.05) is 6.92 Å². The van der Waals surface area contributed by atoms with E-state index in [1.54, 1.807) is 7.05 Å². The van der Waals surface area contributed by atoms with E-state index in [1.165, 1.54) is 11.7 Å². The summed E-state index contributed by atoms with van der Waals surface area (Å²) in [7, 11) is 3.19. The van der Waals surface area contributed by atoms with E-state index in [2.05, 4.69) is 9.97 Å². The van der Waals surface area contributed by atoms with Gasteiger partial charge >= 0.3 is 10.9 Å². The maximum absolute atomic E-state index is 11.4. The van der Waals surface area contributed by atoms with Gasteiger partial charge in [-0.15, -0.1) is 0 Å². The first-order chi connectivity index (χ1) is 6.63. The summed E-state index contributed by atoms with van der Waals surface area (Å²) in [5, 5.41) is 0.